The molecule has 0 unspecified atom stereocenters. The van der Waals surface area contributed by atoms with Crippen molar-refractivity contribution in [1.29, 1.82) is 0 Å². The third kappa shape index (κ3) is 6.04. The van der Waals surface area contributed by atoms with Crippen molar-refractivity contribution in [1.82, 2.24) is 9.88 Å². The maximum atomic E-state index is 14.9. The Labute approximate surface area is 224 Å². The normalized spacial score (nSPS) is 17.6. The van der Waals surface area contributed by atoms with Gasteiger partial charge in [-0.2, -0.15) is 0 Å². The van der Waals surface area contributed by atoms with Crippen LogP contribution in [0.1, 0.15) is 61.7 Å². The average molecular weight is 539 g/mol. The molecule has 0 radical (unpaired) electrons. The van der Waals surface area contributed by atoms with Crippen LogP contribution in [0.2, 0.25) is 0 Å². The number of esters is 1. The van der Waals surface area contributed by atoms with Gasteiger partial charge in [0.2, 0.25) is 0 Å². The topological polar surface area (TPSA) is 85.8 Å². The fourth-order valence-corrected chi connectivity index (χ4v) is 5.43. The molecule has 1 saturated heterocycles. The molecule has 0 N–H and O–H groups in total. The van der Waals surface area contributed by atoms with E-state index in [9.17, 15) is 18.8 Å². The first-order valence-corrected chi connectivity index (χ1v) is 13.8. The molecule has 7 nitrogen and oxygen atoms in total. The van der Waals surface area contributed by atoms with Crippen molar-refractivity contribution in [3.05, 3.63) is 52.8 Å². The molecule has 0 spiro atoms. The zero-order chi connectivity index (χ0) is 27.0. The first kappa shape index (κ1) is 26.3. The predicted octanol–water partition coefficient (Wildman–Crippen LogP) is 5.94. The molecular formula is C29H31FN2O5S. The molecule has 38 heavy (non-hydrogen) atoms. The average Bonchev–Trinajstić information content (AvgIpc) is 3.36. The molecule has 2 aliphatic rings. The van der Waals surface area contributed by atoms with Crippen molar-refractivity contribution in [2.24, 2.45) is 11.3 Å². The smallest absolute Gasteiger partial charge is 0.311 e. The number of pyridine rings is 1. The van der Waals surface area contributed by atoms with Crippen molar-refractivity contribution in [2.75, 3.05) is 13.1 Å². The number of nitrogens with zero attached hydrogens (tertiary/aromatic N) is 2. The number of fused-ring (bicyclic) bond motifs is 1. The quantitative estimate of drug-likeness (QED) is 0.330. The summed E-state index contributed by atoms with van der Waals surface area (Å²) in [4.78, 5) is 44.1. The van der Waals surface area contributed by atoms with Crippen LogP contribution >= 0.6 is 11.3 Å². The molecule has 5 rings (SSSR count). The Kier molecular flexibility index (Phi) is 7.22. The van der Waals surface area contributed by atoms with Gasteiger partial charge in [0.15, 0.2) is 11.6 Å². The molecule has 0 bridgehead atoms. The van der Waals surface area contributed by atoms with Crippen LogP contribution in [0.5, 0.6) is 11.5 Å². The zero-order valence-corrected chi connectivity index (χ0v) is 22.6. The lowest BCUT2D eigenvalue weighted by Gasteiger charge is -2.21. The van der Waals surface area contributed by atoms with E-state index in [1.54, 1.807) is 50.1 Å². The second kappa shape index (κ2) is 10.4. The van der Waals surface area contributed by atoms with Gasteiger partial charge in [0.05, 0.1) is 27.1 Å². The standard InChI is InChI=1S/C29H31FN2O5S/c1-29(2,3)28(35)36-20-9-11-32(16-20)27(34)25-15-22-26(38-25)24(8-10-31-22)37-23-7-6-18(14-21(23)30)13-19(33)12-17-4-5-17/h6-8,10,14-15,17,20H,4-5,9,11-13,16H2,1-3H3/t20-/m1/s1. The van der Waals surface area contributed by atoms with Gasteiger partial charge in [-0.05, 0) is 63.3 Å². The minimum Gasteiger partial charge on any atom is -0.460 e. The lowest BCUT2D eigenvalue weighted by molar-refractivity contribution is -0.157. The number of halogens is 1. The molecule has 1 aromatic carbocycles. The van der Waals surface area contributed by atoms with Gasteiger partial charge in [-0.3, -0.25) is 19.4 Å². The van der Waals surface area contributed by atoms with E-state index < -0.39 is 11.2 Å². The largest absolute Gasteiger partial charge is 0.460 e. The van der Waals surface area contributed by atoms with E-state index in [0.717, 1.165) is 12.8 Å². The van der Waals surface area contributed by atoms with Gasteiger partial charge >= 0.3 is 5.97 Å². The third-order valence-electron chi connectivity index (χ3n) is 6.74. The van der Waals surface area contributed by atoms with Crippen LogP contribution < -0.4 is 4.74 Å². The summed E-state index contributed by atoms with van der Waals surface area (Å²) in [5.74, 6) is 0.0735. The number of carbonyl (C=O) groups excluding carboxylic acids is 3. The highest BCUT2D eigenvalue weighted by molar-refractivity contribution is 7.21. The highest BCUT2D eigenvalue weighted by Gasteiger charge is 2.33. The Bertz CT molecular complexity index is 1390. The van der Waals surface area contributed by atoms with E-state index in [1.165, 1.54) is 23.5 Å². The van der Waals surface area contributed by atoms with E-state index in [0.29, 0.717) is 58.3 Å². The second-order valence-corrected chi connectivity index (χ2v) is 12.2. The Morgan fingerprint density at radius 2 is 1.89 bits per heavy atom. The van der Waals surface area contributed by atoms with Gasteiger partial charge in [-0.15, -0.1) is 11.3 Å². The number of likely N-dealkylation sites (tertiary alicyclic amines) is 1. The van der Waals surface area contributed by atoms with Gasteiger partial charge in [0.25, 0.3) is 5.91 Å². The van der Waals surface area contributed by atoms with Gasteiger partial charge < -0.3 is 14.4 Å². The molecule has 1 aliphatic heterocycles. The Balaban J connectivity index is 1.27. The SMILES string of the molecule is CC(C)(C)C(=O)O[C@@H]1CCN(C(=O)c2cc3nccc(Oc4ccc(CC(=O)CC5CC5)cc4F)c3s2)C1. The highest BCUT2D eigenvalue weighted by Crippen LogP contribution is 2.37. The van der Waals surface area contributed by atoms with E-state index in [-0.39, 0.29) is 35.9 Å². The van der Waals surface area contributed by atoms with E-state index in [1.807, 2.05) is 0 Å². The summed E-state index contributed by atoms with van der Waals surface area (Å²) in [7, 11) is 0. The number of ether oxygens (including phenoxy) is 2. The van der Waals surface area contributed by atoms with Crippen molar-refractivity contribution in [2.45, 2.75) is 59.0 Å². The summed E-state index contributed by atoms with van der Waals surface area (Å²) in [6.07, 6.45) is 4.81. The summed E-state index contributed by atoms with van der Waals surface area (Å²) >= 11 is 1.23. The monoisotopic (exact) mass is 538 g/mol. The van der Waals surface area contributed by atoms with E-state index in [4.69, 9.17) is 9.47 Å². The van der Waals surface area contributed by atoms with E-state index in [2.05, 4.69) is 4.98 Å². The Morgan fingerprint density at radius 1 is 1.11 bits per heavy atom. The van der Waals surface area contributed by atoms with Crippen LogP contribution in [-0.4, -0.2) is 46.7 Å². The number of Topliss-reactive ketones (excluding diaryl/α,β-unsaturated/α-hetero) is 1. The molecule has 9 heteroatoms. The summed E-state index contributed by atoms with van der Waals surface area (Å²) in [5, 5.41) is 0. The summed E-state index contributed by atoms with van der Waals surface area (Å²) in [5.41, 5.74) is 0.605. The molecular weight excluding hydrogens is 507 g/mol. The van der Waals surface area contributed by atoms with Crippen molar-refractivity contribution in [3.8, 4) is 11.5 Å². The number of hydrogen-bond donors (Lipinski definition) is 0. The second-order valence-electron chi connectivity index (χ2n) is 11.2. The van der Waals surface area contributed by atoms with Crippen LogP contribution in [0, 0.1) is 17.2 Å². The van der Waals surface area contributed by atoms with E-state index >= 15 is 0 Å². The van der Waals surface area contributed by atoms with Crippen LogP contribution in [0.4, 0.5) is 4.39 Å². The molecule has 200 valence electrons. The molecule has 1 aliphatic carbocycles. The summed E-state index contributed by atoms with van der Waals surface area (Å²) < 4.78 is 27.0. The first-order chi connectivity index (χ1) is 18.1. The number of ketones is 1. The highest BCUT2D eigenvalue weighted by atomic mass is 32.1. The number of aromatic nitrogens is 1. The Hall–Kier alpha value is -3.33. The molecule has 1 atom stereocenters. The minimum absolute atomic E-state index is 0.0419. The first-order valence-electron chi connectivity index (χ1n) is 12.9. The number of rotatable bonds is 8. The van der Waals surface area contributed by atoms with Gasteiger partial charge in [-0.25, -0.2) is 4.39 Å². The van der Waals surface area contributed by atoms with Crippen LogP contribution in [0.3, 0.4) is 0 Å². The van der Waals surface area contributed by atoms with Crippen molar-refractivity contribution >= 4 is 39.2 Å². The predicted molar refractivity (Wildman–Crippen MR) is 142 cm³/mol. The van der Waals surface area contributed by atoms with Crippen molar-refractivity contribution in [3.63, 3.8) is 0 Å². The number of benzene rings is 1. The summed E-state index contributed by atoms with van der Waals surface area (Å²) in [6, 6.07) is 7.93. The maximum Gasteiger partial charge on any atom is 0.311 e. The van der Waals surface area contributed by atoms with Crippen LogP contribution in [-0.2, 0) is 20.7 Å². The molecule has 3 aromatic rings. The van der Waals surface area contributed by atoms with Crippen molar-refractivity contribution < 1.29 is 28.2 Å². The lowest BCUT2D eigenvalue weighted by atomic mass is 9.97. The van der Waals surface area contributed by atoms with Crippen LogP contribution in [0.15, 0.2) is 36.5 Å². The minimum atomic E-state index is -0.599. The molecule has 3 heterocycles. The van der Waals surface area contributed by atoms with Gasteiger partial charge in [0, 0.05) is 38.1 Å². The zero-order valence-electron chi connectivity index (χ0n) is 21.8. The number of amides is 1. The molecule has 1 saturated carbocycles. The summed E-state index contributed by atoms with van der Waals surface area (Å²) in [6.45, 7) is 6.23. The fourth-order valence-electron chi connectivity index (χ4n) is 4.39. The number of carbonyl (C=O) groups is 3. The lowest BCUT2D eigenvalue weighted by Crippen LogP contribution is -2.32. The molecule has 2 aromatic heterocycles. The Morgan fingerprint density at radius 3 is 2.61 bits per heavy atom. The number of hydrogen-bond acceptors (Lipinski definition) is 7. The maximum absolute atomic E-state index is 14.9. The molecule has 2 fully saturated rings. The molecule has 1 amide bonds. The number of thiophene rings is 1. The third-order valence-corrected chi connectivity index (χ3v) is 7.86. The van der Waals surface area contributed by atoms with Crippen LogP contribution in [0.25, 0.3) is 10.2 Å². The fraction of sp³-hybridized carbons (Fsp3) is 0.448. The van der Waals surface area contributed by atoms with Gasteiger partial charge in [0.1, 0.15) is 17.6 Å². The van der Waals surface area contributed by atoms with Gasteiger partial charge in [-0.1, -0.05) is 6.07 Å².